The largest absolute Gasteiger partial charge is 0.369 e. The van der Waals surface area contributed by atoms with Crippen molar-refractivity contribution in [2.24, 2.45) is 5.73 Å². The zero-order chi connectivity index (χ0) is 22.0. The minimum Gasteiger partial charge on any atom is -0.369 e. The van der Waals surface area contributed by atoms with Gasteiger partial charge in [-0.05, 0) is 75.4 Å². The second-order valence-corrected chi connectivity index (χ2v) is 8.33. The molecule has 1 aliphatic rings. The Morgan fingerprint density at radius 1 is 1.13 bits per heavy atom. The third-order valence-corrected chi connectivity index (χ3v) is 6.18. The number of nitrogens with one attached hydrogen (secondary N) is 1. The van der Waals surface area contributed by atoms with E-state index in [1.807, 2.05) is 26.8 Å². The van der Waals surface area contributed by atoms with Crippen molar-refractivity contribution in [2.45, 2.75) is 65.8 Å². The molecule has 2 aromatic rings. The van der Waals surface area contributed by atoms with E-state index in [-0.39, 0.29) is 11.6 Å². The maximum absolute atomic E-state index is 12.5. The van der Waals surface area contributed by atoms with Gasteiger partial charge in [0.15, 0.2) is 0 Å². The number of aryl methyl sites for hydroxylation is 2. The number of aromatic nitrogens is 1. The van der Waals surface area contributed by atoms with Crippen LogP contribution in [0.3, 0.4) is 0 Å². The number of carbonyl (C=O) groups is 2. The Hall–Kier alpha value is -2.89. The van der Waals surface area contributed by atoms with E-state index in [0.717, 1.165) is 47.5 Å². The van der Waals surface area contributed by atoms with Crippen molar-refractivity contribution < 1.29 is 9.59 Å². The molecule has 6 nitrogen and oxygen atoms in total. The molecule has 0 atom stereocenters. The number of ketones is 1. The zero-order valence-corrected chi connectivity index (χ0v) is 18.3. The molecule has 0 spiro atoms. The molecule has 1 heterocycles. The monoisotopic (exact) mass is 409 g/mol. The molecule has 1 aromatic carbocycles. The second kappa shape index (κ2) is 8.86. The molecule has 1 aliphatic carbocycles. The summed E-state index contributed by atoms with van der Waals surface area (Å²) in [6, 6.07) is 6.09. The molecule has 0 aliphatic heterocycles. The number of H-pyrrole nitrogens is 1. The van der Waals surface area contributed by atoms with Gasteiger partial charge in [-0.15, -0.1) is 0 Å². The van der Waals surface area contributed by atoms with Crippen molar-refractivity contribution >= 4 is 17.4 Å². The Morgan fingerprint density at radius 3 is 2.37 bits per heavy atom. The topological polar surface area (TPSA) is 96.3 Å². The van der Waals surface area contributed by atoms with Crippen LogP contribution in [0.5, 0.6) is 0 Å². The van der Waals surface area contributed by atoms with Crippen LogP contribution in [0.2, 0.25) is 0 Å². The highest BCUT2D eigenvalue weighted by Gasteiger charge is 2.26. The van der Waals surface area contributed by atoms with Crippen molar-refractivity contribution in [1.82, 2.24) is 4.98 Å². The first-order chi connectivity index (χ1) is 14.2. The van der Waals surface area contributed by atoms with Crippen LogP contribution in [-0.2, 0) is 11.2 Å². The molecular formula is C24H31N3O3. The molecule has 1 saturated carbocycles. The molecule has 3 N–H and O–H groups in total. The van der Waals surface area contributed by atoms with E-state index in [9.17, 15) is 14.4 Å². The third kappa shape index (κ3) is 4.48. The van der Waals surface area contributed by atoms with Gasteiger partial charge >= 0.3 is 0 Å². The number of primary amides is 1. The first-order valence-electron chi connectivity index (χ1n) is 10.6. The molecule has 6 heteroatoms. The van der Waals surface area contributed by atoms with E-state index in [0.29, 0.717) is 36.2 Å². The van der Waals surface area contributed by atoms with Gasteiger partial charge < -0.3 is 15.6 Å². The Morgan fingerprint density at radius 2 is 1.80 bits per heavy atom. The van der Waals surface area contributed by atoms with Crippen LogP contribution in [0.25, 0.3) is 0 Å². The molecule has 1 amide bonds. The summed E-state index contributed by atoms with van der Waals surface area (Å²) >= 11 is 0. The van der Waals surface area contributed by atoms with Gasteiger partial charge in [-0.2, -0.15) is 0 Å². The molecule has 0 saturated heterocycles. The van der Waals surface area contributed by atoms with E-state index >= 15 is 0 Å². The van der Waals surface area contributed by atoms with Gasteiger partial charge in [0.1, 0.15) is 5.78 Å². The third-order valence-electron chi connectivity index (χ3n) is 6.18. The number of pyridine rings is 1. The molecule has 0 bridgehead atoms. The summed E-state index contributed by atoms with van der Waals surface area (Å²) in [5.74, 6) is -0.153. The summed E-state index contributed by atoms with van der Waals surface area (Å²) in [6.07, 6.45) is 3.26. The maximum atomic E-state index is 12.5. The van der Waals surface area contributed by atoms with Gasteiger partial charge in [0.25, 0.3) is 5.56 Å². The molecule has 30 heavy (non-hydrogen) atoms. The van der Waals surface area contributed by atoms with Crippen molar-refractivity contribution in [3.8, 4) is 0 Å². The second-order valence-electron chi connectivity index (χ2n) is 8.33. The fourth-order valence-corrected chi connectivity index (χ4v) is 4.58. The average Bonchev–Trinajstić information content (AvgIpc) is 2.68. The minimum atomic E-state index is -0.472. The van der Waals surface area contributed by atoms with Gasteiger partial charge in [-0.3, -0.25) is 14.4 Å². The summed E-state index contributed by atoms with van der Waals surface area (Å²) < 4.78 is 0. The minimum absolute atomic E-state index is 0.103. The first-order valence-corrected chi connectivity index (χ1v) is 10.6. The smallest absolute Gasteiger partial charge is 0.251 e. The lowest BCUT2D eigenvalue weighted by atomic mass is 9.91. The number of rotatable bonds is 6. The summed E-state index contributed by atoms with van der Waals surface area (Å²) in [5.41, 5.74) is 11.2. The van der Waals surface area contributed by atoms with Crippen LogP contribution >= 0.6 is 0 Å². The summed E-state index contributed by atoms with van der Waals surface area (Å²) in [5, 5.41) is 0. The van der Waals surface area contributed by atoms with Crippen LogP contribution in [0.1, 0.15) is 70.9 Å². The molecule has 0 unspecified atom stereocenters. The van der Waals surface area contributed by atoms with Gasteiger partial charge in [0.05, 0.1) is 0 Å². The number of Topliss-reactive ketones (excluding diaryl/α,β-unsaturated/α-hetero) is 1. The van der Waals surface area contributed by atoms with Crippen LogP contribution in [0.4, 0.5) is 5.69 Å². The van der Waals surface area contributed by atoms with Crippen LogP contribution in [-0.4, -0.2) is 29.3 Å². The number of nitrogens with two attached hydrogens (primary N) is 1. The highest BCUT2D eigenvalue weighted by atomic mass is 16.1. The number of hydrogen-bond donors (Lipinski definition) is 2. The number of amides is 1. The van der Waals surface area contributed by atoms with Crippen molar-refractivity contribution in [2.75, 3.05) is 11.4 Å². The van der Waals surface area contributed by atoms with E-state index < -0.39 is 5.91 Å². The number of nitrogens with zero attached hydrogens (tertiary/aromatic N) is 1. The van der Waals surface area contributed by atoms with Crippen LogP contribution < -0.4 is 16.2 Å². The molecule has 3 rings (SSSR count). The van der Waals surface area contributed by atoms with E-state index in [1.165, 1.54) is 0 Å². The number of aromatic amines is 1. The SMILES string of the molecule is CCN(c1cc(Cc2c(C)cc(C)[nH]c2=O)cc(C(N)=O)c1C)C1CCC(=O)CC1. The van der Waals surface area contributed by atoms with Gasteiger partial charge in [-0.1, -0.05) is 0 Å². The predicted molar refractivity (Wildman–Crippen MR) is 119 cm³/mol. The molecular weight excluding hydrogens is 378 g/mol. The first kappa shape index (κ1) is 21.8. The molecule has 1 aromatic heterocycles. The van der Waals surface area contributed by atoms with E-state index in [2.05, 4.69) is 22.9 Å². The van der Waals surface area contributed by atoms with Crippen molar-refractivity contribution in [3.05, 3.63) is 62.1 Å². The lowest BCUT2D eigenvalue weighted by Crippen LogP contribution is -2.39. The number of anilines is 1. The number of hydrogen-bond acceptors (Lipinski definition) is 4. The Labute approximate surface area is 177 Å². The predicted octanol–water partition coefficient (Wildman–Crippen LogP) is 3.33. The Balaban J connectivity index is 2.06. The maximum Gasteiger partial charge on any atom is 0.251 e. The van der Waals surface area contributed by atoms with Gasteiger partial charge in [0, 0.05) is 54.4 Å². The quantitative estimate of drug-likeness (QED) is 0.765. The fourth-order valence-electron chi connectivity index (χ4n) is 4.58. The van der Waals surface area contributed by atoms with Crippen LogP contribution in [0, 0.1) is 20.8 Å². The highest BCUT2D eigenvalue weighted by Crippen LogP contribution is 2.32. The number of carbonyl (C=O) groups excluding carboxylic acids is 2. The normalized spacial score (nSPS) is 14.7. The van der Waals surface area contributed by atoms with Crippen molar-refractivity contribution in [3.63, 3.8) is 0 Å². The molecule has 0 radical (unpaired) electrons. The zero-order valence-electron chi connectivity index (χ0n) is 18.3. The van der Waals surface area contributed by atoms with E-state index in [1.54, 1.807) is 6.07 Å². The average molecular weight is 410 g/mol. The Bertz CT molecular complexity index is 1030. The summed E-state index contributed by atoms with van der Waals surface area (Å²) in [7, 11) is 0. The lowest BCUT2D eigenvalue weighted by Gasteiger charge is -2.36. The molecule has 160 valence electrons. The van der Waals surface area contributed by atoms with Crippen molar-refractivity contribution in [1.29, 1.82) is 0 Å². The van der Waals surface area contributed by atoms with Crippen LogP contribution in [0.15, 0.2) is 23.0 Å². The molecule has 1 fully saturated rings. The van der Waals surface area contributed by atoms with E-state index in [4.69, 9.17) is 5.73 Å². The summed E-state index contributed by atoms with van der Waals surface area (Å²) in [6.45, 7) is 8.56. The number of benzene rings is 1. The lowest BCUT2D eigenvalue weighted by molar-refractivity contribution is -0.120. The standard InChI is InChI=1S/C24H31N3O3/c1-5-27(18-6-8-19(28)9-7-18)22-13-17(12-21(16(22)4)23(25)29)11-20-14(2)10-15(3)26-24(20)30/h10,12-13,18H,5-9,11H2,1-4H3,(H2,25,29)(H,26,30). The highest BCUT2D eigenvalue weighted by molar-refractivity contribution is 5.96. The van der Waals surface area contributed by atoms with Gasteiger partial charge in [-0.25, -0.2) is 0 Å². The fraction of sp³-hybridized carbons (Fsp3) is 0.458. The van der Waals surface area contributed by atoms with Gasteiger partial charge in [0.2, 0.25) is 5.91 Å². The summed E-state index contributed by atoms with van der Waals surface area (Å²) in [4.78, 5) is 41.5. The Kier molecular flexibility index (Phi) is 6.44.